The van der Waals surface area contributed by atoms with Crippen LogP contribution in [-0.4, -0.2) is 33.7 Å². The Morgan fingerprint density at radius 1 is 1.21 bits per heavy atom. The predicted molar refractivity (Wildman–Crippen MR) is 91.4 cm³/mol. The third-order valence-corrected chi connectivity index (χ3v) is 3.34. The molecule has 1 aromatic heterocycles. The van der Waals surface area contributed by atoms with Gasteiger partial charge in [-0.3, -0.25) is 4.79 Å². The highest BCUT2D eigenvalue weighted by Gasteiger charge is 2.16. The molecule has 24 heavy (non-hydrogen) atoms. The largest absolute Gasteiger partial charge is 0.444 e. The molecular weight excluding hydrogens is 308 g/mol. The number of carbonyl (C=O) groups excluding carboxylic acids is 2. The molecule has 0 aliphatic rings. The van der Waals surface area contributed by atoms with Crippen molar-refractivity contribution in [3.63, 3.8) is 0 Å². The van der Waals surface area contributed by atoms with Crippen LogP contribution >= 0.6 is 0 Å². The molecule has 0 fully saturated rings. The predicted octanol–water partition coefficient (Wildman–Crippen LogP) is 2.10. The van der Waals surface area contributed by atoms with Crippen LogP contribution in [0, 0.1) is 0 Å². The highest BCUT2D eigenvalue weighted by atomic mass is 16.6. The van der Waals surface area contributed by atoms with Crippen LogP contribution in [0.15, 0.2) is 24.3 Å². The lowest BCUT2D eigenvalue weighted by molar-refractivity contribution is -0.121. The van der Waals surface area contributed by atoms with Crippen LogP contribution < -0.4 is 10.6 Å². The summed E-state index contributed by atoms with van der Waals surface area (Å²) in [4.78, 5) is 27.8. The van der Waals surface area contributed by atoms with Crippen molar-refractivity contribution in [2.24, 2.45) is 7.05 Å². The quantitative estimate of drug-likeness (QED) is 0.878. The van der Waals surface area contributed by atoms with E-state index >= 15 is 0 Å². The van der Waals surface area contributed by atoms with Gasteiger partial charge in [0.2, 0.25) is 5.91 Å². The Hall–Kier alpha value is -2.57. The van der Waals surface area contributed by atoms with Gasteiger partial charge in [0.05, 0.1) is 17.6 Å². The first-order valence-corrected chi connectivity index (χ1v) is 7.90. The van der Waals surface area contributed by atoms with Gasteiger partial charge < -0.3 is 19.9 Å². The van der Waals surface area contributed by atoms with Crippen molar-refractivity contribution >= 4 is 23.0 Å². The SMILES string of the molecule is Cn1c(CNC(=O)CCNC(=O)OC(C)(C)C)nc2ccccc21. The second kappa shape index (κ2) is 7.33. The number of para-hydroxylation sites is 2. The Bertz CT molecular complexity index is 731. The van der Waals surface area contributed by atoms with Gasteiger partial charge in [-0.15, -0.1) is 0 Å². The Morgan fingerprint density at radius 3 is 2.58 bits per heavy atom. The number of nitrogens with zero attached hydrogens (tertiary/aromatic N) is 2. The summed E-state index contributed by atoms with van der Waals surface area (Å²) in [5.74, 6) is 0.628. The van der Waals surface area contributed by atoms with E-state index < -0.39 is 11.7 Å². The minimum atomic E-state index is -0.549. The Morgan fingerprint density at radius 2 is 1.92 bits per heavy atom. The van der Waals surface area contributed by atoms with Crippen LogP contribution in [-0.2, 0) is 23.1 Å². The Labute approximate surface area is 141 Å². The van der Waals surface area contributed by atoms with Crippen molar-refractivity contribution in [3.8, 4) is 0 Å². The van der Waals surface area contributed by atoms with Crippen LogP contribution in [0.5, 0.6) is 0 Å². The number of alkyl carbamates (subject to hydrolysis) is 1. The zero-order chi connectivity index (χ0) is 17.7. The van der Waals surface area contributed by atoms with Gasteiger partial charge >= 0.3 is 6.09 Å². The van der Waals surface area contributed by atoms with Gasteiger partial charge in [0.25, 0.3) is 0 Å². The molecule has 2 rings (SSSR count). The number of aromatic nitrogens is 2. The topological polar surface area (TPSA) is 85.2 Å². The van der Waals surface area contributed by atoms with Crippen LogP contribution in [0.25, 0.3) is 11.0 Å². The maximum atomic E-state index is 11.9. The molecule has 0 aliphatic carbocycles. The Balaban J connectivity index is 1.77. The molecule has 130 valence electrons. The molecule has 2 amide bonds. The summed E-state index contributed by atoms with van der Waals surface area (Å²) < 4.78 is 7.06. The zero-order valence-corrected chi connectivity index (χ0v) is 14.5. The maximum absolute atomic E-state index is 11.9. The summed E-state index contributed by atoms with van der Waals surface area (Å²) in [5.41, 5.74) is 1.37. The van der Waals surface area contributed by atoms with Crippen LogP contribution in [0.1, 0.15) is 33.0 Å². The number of fused-ring (bicyclic) bond motifs is 1. The highest BCUT2D eigenvalue weighted by Crippen LogP contribution is 2.13. The molecule has 7 heteroatoms. The first-order chi connectivity index (χ1) is 11.3. The van der Waals surface area contributed by atoms with Gasteiger partial charge in [-0.05, 0) is 32.9 Å². The zero-order valence-electron chi connectivity index (χ0n) is 14.5. The third-order valence-electron chi connectivity index (χ3n) is 3.34. The lowest BCUT2D eigenvalue weighted by Gasteiger charge is -2.19. The Kier molecular flexibility index (Phi) is 5.43. The number of rotatable bonds is 5. The normalized spacial score (nSPS) is 11.3. The summed E-state index contributed by atoms with van der Waals surface area (Å²) in [6.07, 6.45) is -0.339. The lowest BCUT2D eigenvalue weighted by atomic mass is 10.2. The number of ether oxygens (including phenoxy) is 1. The number of amides is 2. The van der Waals surface area contributed by atoms with Gasteiger partial charge in [-0.25, -0.2) is 9.78 Å². The van der Waals surface area contributed by atoms with Crippen LogP contribution in [0.4, 0.5) is 4.79 Å². The molecule has 0 saturated heterocycles. The first kappa shape index (κ1) is 17.8. The third kappa shape index (κ3) is 4.97. The number of aryl methyl sites for hydroxylation is 1. The summed E-state index contributed by atoms with van der Waals surface area (Å²) >= 11 is 0. The average molecular weight is 332 g/mol. The van der Waals surface area contributed by atoms with E-state index in [0.717, 1.165) is 16.9 Å². The minimum Gasteiger partial charge on any atom is -0.444 e. The number of hydrogen-bond donors (Lipinski definition) is 2. The molecule has 2 aromatic rings. The monoisotopic (exact) mass is 332 g/mol. The molecule has 1 aromatic carbocycles. The van der Waals surface area contributed by atoms with E-state index in [2.05, 4.69) is 15.6 Å². The number of carbonyl (C=O) groups is 2. The summed E-state index contributed by atoms with van der Waals surface area (Å²) in [6, 6.07) is 7.80. The molecule has 0 saturated carbocycles. The summed E-state index contributed by atoms with van der Waals surface area (Å²) in [5, 5.41) is 5.37. The molecule has 0 spiro atoms. The van der Waals surface area contributed by atoms with Gasteiger partial charge in [0.1, 0.15) is 11.4 Å². The maximum Gasteiger partial charge on any atom is 0.407 e. The van der Waals surface area contributed by atoms with Crippen LogP contribution in [0.2, 0.25) is 0 Å². The van der Waals surface area contributed by atoms with Crippen molar-refractivity contribution in [1.29, 1.82) is 0 Å². The number of imidazole rings is 1. The summed E-state index contributed by atoms with van der Waals surface area (Å²) in [7, 11) is 1.92. The molecule has 0 aliphatic heterocycles. The fourth-order valence-corrected chi connectivity index (χ4v) is 2.21. The van der Waals surface area contributed by atoms with Crippen molar-refractivity contribution in [2.75, 3.05) is 6.54 Å². The van der Waals surface area contributed by atoms with Gasteiger partial charge in [0.15, 0.2) is 0 Å². The van der Waals surface area contributed by atoms with Crippen molar-refractivity contribution in [1.82, 2.24) is 20.2 Å². The second-order valence-electron chi connectivity index (χ2n) is 6.53. The fraction of sp³-hybridized carbons (Fsp3) is 0.471. The number of hydrogen-bond acceptors (Lipinski definition) is 4. The van der Waals surface area contributed by atoms with Gasteiger partial charge in [0, 0.05) is 20.0 Å². The van der Waals surface area contributed by atoms with Crippen molar-refractivity contribution in [2.45, 2.75) is 39.3 Å². The van der Waals surface area contributed by atoms with E-state index in [1.165, 1.54) is 0 Å². The van der Waals surface area contributed by atoms with Gasteiger partial charge in [-0.1, -0.05) is 12.1 Å². The number of benzene rings is 1. The lowest BCUT2D eigenvalue weighted by Crippen LogP contribution is -2.35. The van der Waals surface area contributed by atoms with E-state index in [0.29, 0.717) is 6.54 Å². The molecule has 0 radical (unpaired) electrons. The van der Waals surface area contributed by atoms with Crippen LogP contribution in [0.3, 0.4) is 0 Å². The first-order valence-electron chi connectivity index (χ1n) is 7.90. The number of nitrogens with one attached hydrogen (secondary N) is 2. The van der Waals surface area contributed by atoms with E-state index in [1.54, 1.807) is 20.8 Å². The van der Waals surface area contributed by atoms with Crippen molar-refractivity contribution in [3.05, 3.63) is 30.1 Å². The molecule has 0 bridgehead atoms. The highest BCUT2D eigenvalue weighted by molar-refractivity contribution is 5.78. The van der Waals surface area contributed by atoms with E-state index in [-0.39, 0.29) is 18.9 Å². The van der Waals surface area contributed by atoms with Crippen molar-refractivity contribution < 1.29 is 14.3 Å². The molecular formula is C17H24N4O3. The standard InChI is InChI=1S/C17H24N4O3/c1-17(2,3)24-16(23)18-10-9-15(22)19-11-14-20-12-7-5-6-8-13(12)21(14)4/h5-8H,9-11H2,1-4H3,(H,18,23)(H,19,22). The molecule has 2 N–H and O–H groups in total. The molecule has 1 heterocycles. The molecule has 7 nitrogen and oxygen atoms in total. The second-order valence-corrected chi connectivity index (χ2v) is 6.53. The van der Waals surface area contributed by atoms with Gasteiger partial charge in [-0.2, -0.15) is 0 Å². The summed E-state index contributed by atoms with van der Waals surface area (Å²) in [6.45, 7) is 5.93. The minimum absolute atomic E-state index is 0.155. The average Bonchev–Trinajstić information content (AvgIpc) is 2.80. The molecule has 0 unspecified atom stereocenters. The smallest absolute Gasteiger partial charge is 0.407 e. The fourth-order valence-electron chi connectivity index (χ4n) is 2.21. The van der Waals surface area contributed by atoms with E-state index in [9.17, 15) is 9.59 Å². The molecule has 0 atom stereocenters. The van der Waals surface area contributed by atoms with E-state index in [4.69, 9.17) is 4.74 Å². The van der Waals surface area contributed by atoms with E-state index in [1.807, 2.05) is 35.9 Å².